The van der Waals surface area contributed by atoms with Crippen molar-refractivity contribution in [1.29, 1.82) is 0 Å². The van der Waals surface area contributed by atoms with Crippen molar-refractivity contribution in [3.05, 3.63) is 76.6 Å². The molecule has 5 heteroatoms. The van der Waals surface area contributed by atoms with Gasteiger partial charge in [-0.05, 0) is 64.8 Å². The summed E-state index contributed by atoms with van der Waals surface area (Å²) in [6, 6.07) is 12.4. The first-order valence-electron chi connectivity index (χ1n) is 9.28. The van der Waals surface area contributed by atoms with E-state index in [0.29, 0.717) is 11.6 Å². The third kappa shape index (κ3) is 4.55. The van der Waals surface area contributed by atoms with Crippen molar-refractivity contribution in [1.82, 2.24) is 15.0 Å². The van der Waals surface area contributed by atoms with Crippen LogP contribution in [0.25, 0.3) is 0 Å². The Hall–Kier alpha value is -3.21. The molecular weight excluding hydrogens is 346 g/mol. The second-order valence-corrected chi connectivity index (χ2v) is 7.11. The van der Waals surface area contributed by atoms with E-state index in [0.717, 1.165) is 33.9 Å². The van der Waals surface area contributed by atoms with Crippen LogP contribution in [0.3, 0.4) is 0 Å². The van der Waals surface area contributed by atoms with E-state index in [1.807, 2.05) is 26.0 Å². The van der Waals surface area contributed by atoms with E-state index in [1.54, 1.807) is 0 Å². The van der Waals surface area contributed by atoms with Crippen LogP contribution in [0.2, 0.25) is 0 Å². The monoisotopic (exact) mass is 371 g/mol. The van der Waals surface area contributed by atoms with Gasteiger partial charge in [-0.25, -0.2) is 24.9 Å². The maximum atomic E-state index is 4.70. The largest absolute Gasteiger partial charge is 0.250 e. The molecule has 0 aliphatic carbocycles. The van der Waals surface area contributed by atoms with Gasteiger partial charge in [-0.15, -0.1) is 0 Å². The van der Waals surface area contributed by atoms with Gasteiger partial charge >= 0.3 is 0 Å². The molecule has 0 aliphatic heterocycles. The molecule has 28 heavy (non-hydrogen) atoms. The standard InChI is InChI=1S/C23H25N5/c1-14-7-9-20(16(3)11-14)26-18(5)22-24-13-25-23(28-22)19(6)27-21-10-8-15(2)12-17(21)4/h7-13H,1-6H3. The van der Waals surface area contributed by atoms with E-state index in [2.05, 4.69) is 66.9 Å². The van der Waals surface area contributed by atoms with E-state index >= 15 is 0 Å². The average Bonchev–Trinajstić information content (AvgIpc) is 2.66. The lowest BCUT2D eigenvalue weighted by Gasteiger charge is -2.06. The van der Waals surface area contributed by atoms with Crippen LogP contribution in [-0.2, 0) is 0 Å². The van der Waals surface area contributed by atoms with E-state index in [1.165, 1.54) is 17.5 Å². The van der Waals surface area contributed by atoms with Crippen LogP contribution in [-0.4, -0.2) is 26.4 Å². The zero-order chi connectivity index (χ0) is 20.3. The van der Waals surface area contributed by atoms with Gasteiger partial charge in [0.05, 0.1) is 22.8 Å². The van der Waals surface area contributed by atoms with Gasteiger partial charge in [-0.1, -0.05) is 35.4 Å². The van der Waals surface area contributed by atoms with Crippen molar-refractivity contribution in [2.45, 2.75) is 41.5 Å². The quantitative estimate of drug-likeness (QED) is 0.578. The molecule has 0 saturated heterocycles. The second kappa shape index (κ2) is 8.21. The maximum Gasteiger partial charge on any atom is 0.177 e. The molecule has 142 valence electrons. The summed E-state index contributed by atoms with van der Waals surface area (Å²) in [5.41, 5.74) is 8.02. The molecule has 0 radical (unpaired) electrons. The molecule has 0 atom stereocenters. The summed E-state index contributed by atoms with van der Waals surface area (Å²) in [6.07, 6.45) is 1.51. The molecule has 0 spiro atoms. The third-order valence-electron chi connectivity index (χ3n) is 4.50. The molecular formula is C23H25N5. The summed E-state index contributed by atoms with van der Waals surface area (Å²) in [7, 11) is 0. The summed E-state index contributed by atoms with van der Waals surface area (Å²) >= 11 is 0. The van der Waals surface area contributed by atoms with Gasteiger partial charge in [-0.2, -0.15) is 0 Å². The van der Waals surface area contributed by atoms with Crippen LogP contribution in [0.4, 0.5) is 11.4 Å². The lowest BCUT2D eigenvalue weighted by Crippen LogP contribution is -2.10. The van der Waals surface area contributed by atoms with Crippen LogP contribution in [0.5, 0.6) is 0 Å². The molecule has 0 N–H and O–H groups in total. The molecule has 3 rings (SSSR count). The van der Waals surface area contributed by atoms with Crippen molar-refractivity contribution in [3.8, 4) is 0 Å². The van der Waals surface area contributed by atoms with Crippen molar-refractivity contribution < 1.29 is 0 Å². The number of hydrogen-bond donors (Lipinski definition) is 0. The van der Waals surface area contributed by atoms with Crippen molar-refractivity contribution in [2.24, 2.45) is 9.98 Å². The molecule has 0 aliphatic rings. The number of nitrogens with zero attached hydrogens (tertiary/aromatic N) is 5. The lowest BCUT2D eigenvalue weighted by molar-refractivity contribution is 1.00. The van der Waals surface area contributed by atoms with Crippen molar-refractivity contribution in [3.63, 3.8) is 0 Å². The van der Waals surface area contributed by atoms with Crippen molar-refractivity contribution >= 4 is 22.8 Å². The average molecular weight is 371 g/mol. The molecule has 0 bridgehead atoms. The fourth-order valence-corrected chi connectivity index (χ4v) is 2.97. The van der Waals surface area contributed by atoms with Crippen LogP contribution < -0.4 is 0 Å². The van der Waals surface area contributed by atoms with Gasteiger partial charge in [0.1, 0.15) is 6.33 Å². The van der Waals surface area contributed by atoms with Crippen LogP contribution in [0, 0.1) is 27.7 Å². The number of aryl methyl sites for hydroxylation is 4. The number of benzene rings is 2. The van der Waals surface area contributed by atoms with Crippen LogP contribution in [0.1, 0.15) is 47.8 Å². The van der Waals surface area contributed by atoms with E-state index < -0.39 is 0 Å². The highest BCUT2D eigenvalue weighted by molar-refractivity contribution is 6.00. The Balaban J connectivity index is 1.93. The Morgan fingerprint density at radius 1 is 0.679 bits per heavy atom. The highest BCUT2D eigenvalue weighted by atomic mass is 15.0. The normalized spacial score (nSPS) is 12.4. The molecule has 0 fully saturated rings. The SMILES string of the molecule is CC(=Nc1ccc(C)cc1C)c1ncnc(C(C)=Nc2ccc(C)cc2C)n1. The zero-order valence-electron chi connectivity index (χ0n) is 17.3. The predicted octanol–water partition coefficient (Wildman–Crippen LogP) is 5.39. The summed E-state index contributed by atoms with van der Waals surface area (Å²) in [5, 5.41) is 0. The minimum absolute atomic E-state index is 0.556. The first-order valence-corrected chi connectivity index (χ1v) is 9.28. The minimum Gasteiger partial charge on any atom is -0.250 e. The Bertz CT molecular complexity index is 997. The first kappa shape index (κ1) is 19.5. The topological polar surface area (TPSA) is 63.4 Å². The van der Waals surface area contributed by atoms with Crippen LogP contribution >= 0.6 is 0 Å². The predicted molar refractivity (Wildman–Crippen MR) is 115 cm³/mol. The third-order valence-corrected chi connectivity index (χ3v) is 4.50. The fraction of sp³-hybridized carbons (Fsp3) is 0.261. The highest BCUT2D eigenvalue weighted by Gasteiger charge is 2.09. The smallest absolute Gasteiger partial charge is 0.177 e. The Morgan fingerprint density at radius 2 is 1.11 bits per heavy atom. The molecule has 0 saturated carbocycles. The van der Waals surface area contributed by atoms with Gasteiger partial charge in [0, 0.05) is 0 Å². The van der Waals surface area contributed by atoms with Crippen LogP contribution in [0.15, 0.2) is 52.7 Å². The molecule has 0 unspecified atom stereocenters. The first-order chi connectivity index (χ1) is 13.3. The van der Waals surface area contributed by atoms with Crippen molar-refractivity contribution in [2.75, 3.05) is 0 Å². The Labute approximate surface area is 166 Å². The van der Waals surface area contributed by atoms with Gasteiger partial charge < -0.3 is 0 Å². The summed E-state index contributed by atoms with van der Waals surface area (Å²) < 4.78 is 0. The number of aliphatic imine (C=N–C) groups is 2. The Morgan fingerprint density at radius 3 is 1.50 bits per heavy atom. The number of rotatable bonds is 4. The number of aromatic nitrogens is 3. The van der Waals surface area contributed by atoms with Gasteiger partial charge in [-0.3, -0.25) is 0 Å². The van der Waals surface area contributed by atoms with E-state index in [4.69, 9.17) is 9.98 Å². The minimum atomic E-state index is 0.556. The molecule has 1 aromatic heterocycles. The van der Waals surface area contributed by atoms with Gasteiger partial charge in [0.25, 0.3) is 0 Å². The molecule has 0 amide bonds. The fourth-order valence-electron chi connectivity index (χ4n) is 2.97. The summed E-state index contributed by atoms with van der Waals surface area (Å²) in [6.45, 7) is 12.1. The maximum absolute atomic E-state index is 4.70. The van der Waals surface area contributed by atoms with Gasteiger partial charge in [0.2, 0.25) is 0 Å². The number of hydrogen-bond acceptors (Lipinski definition) is 5. The highest BCUT2D eigenvalue weighted by Crippen LogP contribution is 2.21. The second-order valence-electron chi connectivity index (χ2n) is 7.11. The molecule has 3 aromatic rings. The summed E-state index contributed by atoms with van der Waals surface area (Å²) in [4.78, 5) is 22.6. The van der Waals surface area contributed by atoms with Gasteiger partial charge in [0.15, 0.2) is 11.6 Å². The lowest BCUT2D eigenvalue weighted by atomic mass is 10.1. The Kier molecular flexibility index (Phi) is 5.73. The van der Waals surface area contributed by atoms with E-state index in [9.17, 15) is 0 Å². The molecule has 2 aromatic carbocycles. The van der Waals surface area contributed by atoms with E-state index in [-0.39, 0.29) is 0 Å². The zero-order valence-corrected chi connectivity index (χ0v) is 17.3. The molecule has 1 heterocycles. The summed E-state index contributed by atoms with van der Waals surface area (Å²) in [5.74, 6) is 1.11. The molecule has 5 nitrogen and oxygen atoms in total.